The van der Waals surface area contributed by atoms with E-state index in [9.17, 15) is 23.5 Å². The van der Waals surface area contributed by atoms with Crippen molar-refractivity contribution >= 4 is 11.8 Å². The van der Waals surface area contributed by atoms with Gasteiger partial charge in [0, 0.05) is 44.2 Å². The maximum atomic E-state index is 14.5. The summed E-state index contributed by atoms with van der Waals surface area (Å²) in [4.78, 5) is 28.6. The van der Waals surface area contributed by atoms with Gasteiger partial charge in [0.25, 0.3) is 0 Å². The Kier molecular flexibility index (Phi) is 12.6. The Bertz CT molecular complexity index is 1300. The van der Waals surface area contributed by atoms with Crippen LogP contribution in [0.1, 0.15) is 69.6 Å². The summed E-state index contributed by atoms with van der Waals surface area (Å²) in [7, 11) is 1.73. The Morgan fingerprint density at radius 3 is 2.40 bits per heavy atom. The Morgan fingerprint density at radius 1 is 1.05 bits per heavy atom. The molecule has 6 nitrogen and oxygen atoms in total. The van der Waals surface area contributed by atoms with E-state index in [0.717, 1.165) is 43.7 Å². The van der Waals surface area contributed by atoms with E-state index in [1.807, 2.05) is 12.1 Å². The zero-order valence-corrected chi connectivity index (χ0v) is 26.0. The summed E-state index contributed by atoms with van der Waals surface area (Å²) < 4.78 is 28.6. The lowest BCUT2D eigenvalue weighted by Gasteiger charge is -2.44. The molecule has 0 fully saturated rings. The second kappa shape index (κ2) is 15.9. The van der Waals surface area contributed by atoms with Crippen LogP contribution >= 0.6 is 0 Å². The van der Waals surface area contributed by atoms with E-state index in [1.54, 1.807) is 31.0 Å². The molecule has 2 aromatic carbocycles. The van der Waals surface area contributed by atoms with E-state index in [2.05, 4.69) is 31.3 Å². The van der Waals surface area contributed by atoms with Crippen molar-refractivity contribution in [1.82, 2.24) is 10.2 Å². The topological polar surface area (TPSA) is 95.7 Å². The Labute approximate surface area is 255 Å². The molecule has 234 valence electrons. The van der Waals surface area contributed by atoms with Crippen LogP contribution in [0.15, 0.2) is 65.8 Å². The number of halogens is 2. The van der Waals surface area contributed by atoms with Gasteiger partial charge in [-0.15, -0.1) is 0 Å². The third-order valence-electron chi connectivity index (χ3n) is 8.36. The van der Waals surface area contributed by atoms with Crippen LogP contribution in [0, 0.1) is 23.0 Å². The predicted molar refractivity (Wildman–Crippen MR) is 167 cm³/mol. The number of nitrogens with one attached hydrogen (secondary N) is 1. The number of nitrogens with two attached hydrogens (primary N) is 1. The van der Waals surface area contributed by atoms with E-state index in [-0.39, 0.29) is 30.9 Å². The number of carbonyl (C=O) groups excluding carboxylic acids is 2. The standard InChI is InChI=1S/C35H47F2N3O3/c1-5-7-8-9-13-40(4)34(43)35(20-24(3)14-28(21-35)33(38)42)31(18-27-16-29(36)19-30(37)17-27)32(41)23-39-22-26-12-10-11-25(6-2)15-26/h10-12,14-17,19-20,31-32,39,41H,5-9,13,18,21-23H2,1-4H3,(H2,38,42)/t31-,32+,35?/m1/s1. The van der Waals surface area contributed by atoms with Gasteiger partial charge >= 0.3 is 0 Å². The first-order valence-corrected chi connectivity index (χ1v) is 15.4. The molecule has 0 aromatic heterocycles. The van der Waals surface area contributed by atoms with Gasteiger partial charge in [0.1, 0.15) is 11.6 Å². The summed E-state index contributed by atoms with van der Waals surface area (Å²) in [6, 6.07) is 11.4. The Balaban J connectivity index is 2.01. The van der Waals surface area contributed by atoms with E-state index < -0.39 is 35.0 Å². The molecule has 0 radical (unpaired) electrons. The molecule has 2 aromatic rings. The molecule has 0 bridgehead atoms. The average molecular weight is 596 g/mol. The van der Waals surface area contributed by atoms with Gasteiger partial charge in [-0.2, -0.15) is 0 Å². The largest absolute Gasteiger partial charge is 0.391 e. The number of allylic oxidation sites excluding steroid dienone is 2. The maximum absolute atomic E-state index is 14.5. The number of rotatable bonds is 16. The summed E-state index contributed by atoms with van der Waals surface area (Å²) in [5.74, 6) is -3.20. The molecule has 0 heterocycles. The number of benzene rings is 2. The number of carbonyl (C=O) groups is 2. The highest BCUT2D eigenvalue weighted by atomic mass is 19.1. The third kappa shape index (κ3) is 9.31. The molecule has 0 spiro atoms. The molecular weight excluding hydrogens is 548 g/mol. The predicted octanol–water partition coefficient (Wildman–Crippen LogP) is 5.62. The van der Waals surface area contributed by atoms with Crippen LogP contribution in [0.5, 0.6) is 0 Å². The van der Waals surface area contributed by atoms with Crippen LogP contribution in [0.3, 0.4) is 0 Å². The number of hydrogen-bond donors (Lipinski definition) is 3. The summed E-state index contributed by atoms with van der Waals surface area (Å²) in [5.41, 5.74) is 7.89. The monoisotopic (exact) mass is 595 g/mol. The molecule has 43 heavy (non-hydrogen) atoms. The number of aryl methyl sites for hydroxylation is 1. The van der Waals surface area contributed by atoms with Crippen LogP contribution < -0.4 is 11.1 Å². The van der Waals surface area contributed by atoms with E-state index >= 15 is 0 Å². The molecule has 3 rings (SSSR count). The Hall–Kier alpha value is -3.36. The summed E-state index contributed by atoms with van der Waals surface area (Å²) in [5, 5.41) is 15.1. The van der Waals surface area contributed by atoms with E-state index in [1.165, 1.54) is 17.7 Å². The van der Waals surface area contributed by atoms with Gasteiger partial charge < -0.3 is 21.1 Å². The van der Waals surface area contributed by atoms with E-state index in [0.29, 0.717) is 24.2 Å². The van der Waals surface area contributed by atoms with Crippen molar-refractivity contribution in [2.24, 2.45) is 17.1 Å². The number of aliphatic hydroxyl groups excluding tert-OH is 1. The van der Waals surface area contributed by atoms with Crippen LogP contribution in [0.4, 0.5) is 8.78 Å². The van der Waals surface area contributed by atoms with Crippen molar-refractivity contribution in [2.75, 3.05) is 20.1 Å². The smallest absolute Gasteiger partial charge is 0.244 e. The first kappa shape index (κ1) is 34.1. The minimum absolute atomic E-state index is 0.00802. The fourth-order valence-electron chi connectivity index (χ4n) is 6.18. The van der Waals surface area contributed by atoms with Gasteiger partial charge in [-0.1, -0.05) is 75.1 Å². The molecule has 0 saturated heterocycles. The van der Waals surface area contributed by atoms with Crippen molar-refractivity contribution < 1.29 is 23.5 Å². The van der Waals surface area contributed by atoms with Crippen molar-refractivity contribution in [2.45, 2.75) is 78.4 Å². The fraction of sp³-hybridized carbons (Fsp3) is 0.486. The van der Waals surface area contributed by atoms with Crippen LogP contribution in [0.2, 0.25) is 0 Å². The first-order chi connectivity index (χ1) is 20.5. The molecule has 1 unspecified atom stereocenters. The number of hydrogen-bond acceptors (Lipinski definition) is 4. The summed E-state index contributed by atoms with van der Waals surface area (Å²) in [6.07, 6.45) is 7.16. The SMILES string of the molecule is CCCCCCN(C)C(=O)C1([C@H](Cc2cc(F)cc(F)c2)[C@@H](O)CNCc2cccc(CC)c2)C=C(C)C=C(C(N)=O)C1. The highest BCUT2D eigenvalue weighted by Crippen LogP contribution is 2.45. The number of unbranched alkanes of at least 4 members (excludes halogenated alkanes) is 3. The minimum atomic E-state index is -1.37. The lowest BCUT2D eigenvalue weighted by atomic mass is 9.63. The quantitative estimate of drug-likeness (QED) is 0.220. The summed E-state index contributed by atoms with van der Waals surface area (Å²) in [6.45, 7) is 7.11. The fourth-order valence-corrected chi connectivity index (χ4v) is 6.18. The molecule has 2 amide bonds. The van der Waals surface area contributed by atoms with Crippen molar-refractivity contribution in [3.8, 4) is 0 Å². The molecular formula is C35H47F2N3O3. The van der Waals surface area contributed by atoms with Crippen LogP contribution in [-0.2, 0) is 29.0 Å². The summed E-state index contributed by atoms with van der Waals surface area (Å²) >= 11 is 0. The number of aliphatic hydroxyl groups is 1. The van der Waals surface area contributed by atoms with Gasteiger partial charge in [0.15, 0.2) is 0 Å². The molecule has 0 aliphatic heterocycles. The van der Waals surface area contributed by atoms with Crippen molar-refractivity contribution in [3.63, 3.8) is 0 Å². The highest BCUT2D eigenvalue weighted by Gasteiger charge is 2.50. The van der Waals surface area contributed by atoms with Gasteiger partial charge in [0.05, 0.1) is 11.5 Å². The van der Waals surface area contributed by atoms with Crippen LogP contribution in [-0.4, -0.2) is 48.1 Å². The number of primary amides is 1. The molecule has 3 atom stereocenters. The number of amides is 2. The molecule has 8 heteroatoms. The number of nitrogens with zero attached hydrogens (tertiary/aromatic N) is 1. The average Bonchev–Trinajstić information content (AvgIpc) is 2.96. The van der Waals surface area contributed by atoms with Gasteiger partial charge in [-0.3, -0.25) is 9.59 Å². The second-order valence-corrected chi connectivity index (χ2v) is 11.9. The maximum Gasteiger partial charge on any atom is 0.244 e. The van der Waals surface area contributed by atoms with Gasteiger partial charge in [-0.25, -0.2) is 8.78 Å². The third-order valence-corrected chi connectivity index (χ3v) is 8.36. The minimum Gasteiger partial charge on any atom is -0.391 e. The molecule has 4 N–H and O–H groups in total. The lowest BCUT2D eigenvalue weighted by molar-refractivity contribution is -0.144. The molecule has 1 aliphatic carbocycles. The van der Waals surface area contributed by atoms with E-state index in [4.69, 9.17) is 5.73 Å². The highest BCUT2D eigenvalue weighted by molar-refractivity contribution is 5.96. The zero-order valence-electron chi connectivity index (χ0n) is 26.0. The first-order valence-electron chi connectivity index (χ1n) is 15.4. The van der Waals surface area contributed by atoms with Gasteiger partial charge in [-0.05, 0) is 61.4 Å². The van der Waals surface area contributed by atoms with Gasteiger partial charge in [0.2, 0.25) is 11.8 Å². The van der Waals surface area contributed by atoms with Crippen molar-refractivity contribution in [3.05, 3.63) is 94.1 Å². The van der Waals surface area contributed by atoms with Crippen LogP contribution in [0.25, 0.3) is 0 Å². The molecule has 1 aliphatic rings. The normalized spacial score (nSPS) is 18.0. The molecule has 0 saturated carbocycles. The lowest BCUT2D eigenvalue weighted by Crippen LogP contribution is -2.53. The Morgan fingerprint density at radius 2 is 1.74 bits per heavy atom. The zero-order chi connectivity index (χ0) is 31.6. The van der Waals surface area contributed by atoms with Crippen molar-refractivity contribution in [1.29, 1.82) is 0 Å². The second-order valence-electron chi connectivity index (χ2n) is 11.9.